The minimum atomic E-state index is -0.102. The van der Waals surface area contributed by atoms with Crippen LogP contribution < -0.4 is 9.47 Å². The Balaban J connectivity index is 1.77. The van der Waals surface area contributed by atoms with Crippen molar-refractivity contribution in [1.29, 1.82) is 0 Å². The number of nitrogens with zero attached hydrogens (tertiary/aromatic N) is 2. The van der Waals surface area contributed by atoms with Crippen LogP contribution in [0.2, 0.25) is 0 Å². The van der Waals surface area contributed by atoms with Crippen molar-refractivity contribution in [3.8, 4) is 22.6 Å². The van der Waals surface area contributed by atoms with Crippen LogP contribution in [0.1, 0.15) is 36.3 Å². The third-order valence-electron chi connectivity index (χ3n) is 6.03. The van der Waals surface area contributed by atoms with Gasteiger partial charge in [0.05, 0.1) is 16.7 Å². The fraction of sp³-hybridized carbons (Fsp3) is 0.240. The molecule has 1 aliphatic carbocycles. The van der Waals surface area contributed by atoms with Gasteiger partial charge in [0.25, 0.3) is 0 Å². The number of hydrogen-bond donors (Lipinski definition) is 0. The predicted octanol–water partition coefficient (Wildman–Crippen LogP) is 5.33. The number of fused-ring (bicyclic) bond motifs is 5. The SMILES string of the molecule is CC1(C)CC(=O)c2c(nc3ccc4ncccc4c3c2-c2ccc3c(c2)OCO3)C1. The van der Waals surface area contributed by atoms with Crippen LogP contribution in [0.25, 0.3) is 32.9 Å². The number of pyridine rings is 2. The average Bonchev–Trinajstić information content (AvgIpc) is 3.19. The van der Waals surface area contributed by atoms with E-state index in [1.54, 1.807) is 6.20 Å². The molecule has 148 valence electrons. The second-order valence-electron chi connectivity index (χ2n) is 8.85. The van der Waals surface area contributed by atoms with Crippen molar-refractivity contribution in [3.63, 3.8) is 0 Å². The molecule has 0 saturated carbocycles. The molecule has 0 spiro atoms. The van der Waals surface area contributed by atoms with Gasteiger partial charge in [-0.3, -0.25) is 14.8 Å². The van der Waals surface area contributed by atoms with Gasteiger partial charge < -0.3 is 9.47 Å². The number of ether oxygens (including phenoxy) is 2. The zero-order chi connectivity index (χ0) is 20.5. The van der Waals surface area contributed by atoms with Crippen molar-refractivity contribution in [2.24, 2.45) is 5.41 Å². The van der Waals surface area contributed by atoms with Crippen LogP contribution >= 0.6 is 0 Å². The standard InChI is InChI=1S/C25H20N2O3/c1-25(2)11-18-24(19(28)12-25)22(14-5-8-20-21(10-14)30-13-29-20)23-15-4-3-9-26-16(15)6-7-17(23)27-18/h3-10H,11-13H2,1-2H3. The molecule has 0 atom stereocenters. The Morgan fingerprint density at radius 3 is 2.67 bits per heavy atom. The zero-order valence-electron chi connectivity index (χ0n) is 16.9. The van der Waals surface area contributed by atoms with Crippen molar-refractivity contribution < 1.29 is 14.3 Å². The summed E-state index contributed by atoms with van der Waals surface area (Å²) in [4.78, 5) is 22.9. The fourth-order valence-corrected chi connectivity index (χ4v) is 4.78. The summed E-state index contributed by atoms with van der Waals surface area (Å²) < 4.78 is 11.1. The van der Waals surface area contributed by atoms with Gasteiger partial charge in [-0.15, -0.1) is 0 Å². The van der Waals surface area contributed by atoms with Gasteiger partial charge in [-0.1, -0.05) is 26.0 Å². The molecule has 30 heavy (non-hydrogen) atoms. The lowest BCUT2D eigenvalue weighted by atomic mass is 9.73. The molecule has 5 heteroatoms. The molecule has 0 radical (unpaired) electrons. The van der Waals surface area contributed by atoms with Crippen LogP contribution in [0.4, 0.5) is 0 Å². The van der Waals surface area contributed by atoms with Crippen LogP contribution in [-0.4, -0.2) is 22.5 Å². The molecule has 6 rings (SSSR count). The van der Waals surface area contributed by atoms with Gasteiger partial charge in [0.1, 0.15) is 0 Å². The highest BCUT2D eigenvalue weighted by molar-refractivity contribution is 6.18. The first-order valence-corrected chi connectivity index (χ1v) is 10.1. The molecule has 0 saturated heterocycles. The van der Waals surface area contributed by atoms with Gasteiger partial charge in [0.15, 0.2) is 17.3 Å². The van der Waals surface area contributed by atoms with Gasteiger partial charge in [-0.25, -0.2) is 0 Å². The molecular weight excluding hydrogens is 376 g/mol. The third kappa shape index (κ3) is 2.51. The van der Waals surface area contributed by atoms with Crippen LogP contribution in [0.5, 0.6) is 11.5 Å². The lowest BCUT2D eigenvalue weighted by molar-refractivity contribution is 0.0911. The van der Waals surface area contributed by atoms with Gasteiger partial charge >= 0.3 is 0 Å². The van der Waals surface area contributed by atoms with Crippen LogP contribution in [0, 0.1) is 5.41 Å². The first-order valence-electron chi connectivity index (χ1n) is 10.1. The normalized spacial score (nSPS) is 16.8. The van der Waals surface area contributed by atoms with Crippen molar-refractivity contribution in [2.45, 2.75) is 26.7 Å². The van der Waals surface area contributed by atoms with Crippen LogP contribution in [0.15, 0.2) is 48.7 Å². The summed E-state index contributed by atoms with van der Waals surface area (Å²) in [5, 5.41) is 1.96. The molecule has 0 unspecified atom stereocenters. The predicted molar refractivity (Wildman–Crippen MR) is 115 cm³/mol. The summed E-state index contributed by atoms with van der Waals surface area (Å²) in [7, 11) is 0. The van der Waals surface area contributed by atoms with E-state index in [1.165, 1.54) is 0 Å². The summed E-state index contributed by atoms with van der Waals surface area (Å²) in [5.74, 6) is 1.57. The largest absolute Gasteiger partial charge is 0.454 e. The molecule has 2 aromatic heterocycles. The Hall–Kier alpha value is -3.47. The summed E-state index contributed by atoms with van der Waals surface area (Å²) >= 11 is 0. The lowest BCUT2D eigenvalue weighted by Crippen LogP contribution is -2.28. The minimum Gasteiger partial charge on any atom is -0.454 e. The summed E-state index contributed by atoms with van der Waals surface area (Å²) in [6.07, 6.45) is 3.06. The Morgan fingerprint density at radius 2 is 1.77 bits per heavy atom. The monoisotopic (exact) mass is 396 g/mol. The van der Waals surface area contributed by atoms with E-state index in [9.17, 15) is 4.79 Å². The maximum atomic E-state index is 13.4. The number of aromatic nitrogens is 2. The van der Waals surface area contributed by atoms with Gasteiger partial charge in [-0.2, -0.15) is 0 Å². The topological polar surface area (TPSA) is 61.3 Å². The second kappa shape index (κ2) is 6.02. The van der Waals surface area contributed by atoms with Crippen molar-refractivity contribution >= 4 is 27.6 Å². The number of Topliss-reactive ketones (excluding diaryl/α,β-unsaturated/α-hetero) is 1. The van der Waals surface area contributed by atoms with Gasteiger partial charge in [-0.05, 0) is 47.7 Å². The van der Waals surface area contributed by atoms with Crippen LogP contribution in [0.3, 0.4) is 0 Å². The highest BCUT2D eigenvalue weighted by Gasteiger charge is 2.35. The minimum absolute atomic E-state index is 0.102. The molecule has 0 fully saturated rings. The first kappa shape index (κ1) is 17.4. The number of carbonyl (C=O) groups excluding carboxylic acids is 1. The fourth-order valence-electron chi connectivity index (χ4n) is 4.78. The zero-order valence-corrected chi connectivity index (χ0v) is 16.9. The molecular formula is C25H20N2O3. The van der Waals surface area contributed by atoms with E-state index >= 15 is 0 Å². The van der Waals surface area contributed by atoms with Crippen molar-refractivity contribution in [1.82, 2.24) is 9.97 Å². The van der Waals surface area contributed by atoms with Crippen LogP contribution in [-0.2, 0) is 6.42 Å². The van der Waals surface area contributed by atoms with Gasteiger partial charge in [0.2, 0.25) is 6.79 Å². The number of ketones is 1. The summed E-state index contributed by atoms with van der Waals surface area (Å²) in [6.45, 7) is 4.47. The van der Waals surface area contributed by atoms with E-state index in [1.807, 2.05) is 42.5 Å². The van der Waals surface area contributed by atoms with E-state index in [0.29, 0.717) is 12.2 Å². The van der Waals surface area contributed by atoms with E-state index < -0.39 is 0 Å². The summed E-state index contributed by atoms with van der Waals surface area (Å²) in [5.41, 5.74) is 5.14. The smallest absolute Gasteiger partial charge is 0.231 e. The quantitative estimate of drug-likeness (QED) is 0.407. The number of carbonyl (C=O) groups is 1. The van der Waals surface area contributed by atoms with Crippen molar-refractivity contribution in [3.05, 3.63) is 59.9 Å². The molecule has 0 N–H and O–H groups in total. The van der Waals surface area contributed by atoms with E-state index in [4.69, 9.17) is 14.5 Å². The number of hydrogen-bond acceptors (Lipinski definition) is 5. The first-order chi connectivity index (χ1) is 14.5. The van der Waals surface area contributed by atoms with Gasteiger partial charge in [0, 0.05) is 34.5 Å². The highest BCUT2D eigenvalue weighted by Crippen LogP contribution is 2.45. The number of benzene rings is 2. The van der Waals surface area contributed by atoms with E-state index in [0.717, 1.165) is 56.4 Å². The van der Waals surface area contributed by atoms with Crippen molar-refractivity contribution in [2.75, 3.05) is 6.79 Å². The van der Waals surface area contributed by atoms with E-state index in [-0.39, 0.29) is 18.0 Å². The molecule has 3 heterocycles. The maximum absolute atomic E-state index is 13.4. The summed E-state index contributed by atoms with van der Waals surface area (Å²) in [6, 6.07) is 13.9. The molecule has 2 aromatic carbocycles. The Morgan fingerprint density at radius 1 is 0.933 bits per heavy atom. The maximum Gasteiger partial charge on any atom is 0.231 e. The molecule has 2 aliphatic rings. The molecule has 4 aromatic rings. The Kier molecular flexibility index (Phi) is 3.49. The molecule has 0 amide bonds. The third-order valence-corrected chi connectivity index (χ3v) is 6.03. The Bertz CT molecular complexity index is 1370. The Labute approximate surface area is 173 Å². The molecule has 5 nitrogen and oxygen atoms in total. The highest BCUT2D eigenvalue weighted by atomic mass is 16.7. The second-order valence-corrected chi connectivity index (χ2v) is 8.85. The molecule has 1 aliphatic heterocycles. The lowest BCUT2D eigenvalue weighted by Gasteiger charge is -2.31. The molecule has 0 bridgehead atoms. The number of rotatable bonds is 1. The average molecular weight is 396 g/mol. The van der Waals surface area contributed by atoms with E-state index in [2.05, 4.69) is 18.8 Å².